The maximum absolute atomic E-state index is 14.2. The number of sulfonamides is 1. The molecule has 15 heteroatoms. The zero-order chi connectivity index (χ0) is 25.4. The fourth-order valence-corrected chi connectivity index (χ4v) is 5.20. The van der Waals surface area contributed by atoms with Crippen molar-refractivity contribution in [2.75, 3.05) is 56.0 Å². The molecule has 4 heterocycles. The van der Waals surface area contributed by atoms with Gasteiger partial charge in [-0.05, 0) is 25.0 Å². The van der Waals surface area contributed by atoms with Gasteiger partial charge in [-0.3, -0.25) is 4.57 Å². The quantitative estimate of drug-likeness (QED) is 0.485. The molecule has 0 saturated carbocycles. The van der Waals surface area contributed by atoms with Crippen LogP contribution in [0.25, 0.3) is 17.0 Å². The van der Waals surface area contributed by atoms with Crippen molar-refractivity contribution in [2.24, 2.45) is 0 Å². The van der Waals surface area contributed by atoms with E-state index in [0.717, 1.165) is 6.26 Å². The first-order chi connectivity index (χ1) is 17.2. The molecule has 194 valence electrons. The van der Waals surface area contributed by atoms with Gasteiger partial charge in [0, 0.05) is 19.6 Å². The van der Waals surface area contributed by atoms with Crippen LogP contribution in [0, 0.1) is 0 Å². The van der Waals surface area contributed by atoms with Crippen molar-refractivity contribution < 1.29 is 26.7 Å². The fraction of sp³-hybridized carbons (Fsp3) is 0.524. The molecule has 1 atom stereocenters. The van der Waals surface area contributed by atoms with Crippen molar-refractivity contribution in [3.05, 3.63) is 24.0 Å². The molecule has 1 unspecified atom stereocenters. The van der Waals surface area contributed by atoms with E-state index in [0.29, 0.717) is 57.0 Å². The Kier molecular flexibility index (Phi) is 6.61. The van der Waals surface area contributed by atoms with Crippen LogP contribution in [0.4, 0.5) is 20.7 Å². The van der Waals surface area contributed by atoms with Gasteiger partial charge in [0.15, 0.2) is 5.82 Å². The molecule has 0 radical (unpaired) electrons. The second-order valence-electron chi connectivity index (χ2n) is 8.51. The van der Waals surface area contributed by atoms with Gasteiger partial charge in [-0.15, -0.1) is 0 Å². The molecule has 2 aliphatic heterocycles. The van der Waals surface area contributed by atoms with Crippen LogP contribution in [0.2, 0.25) is 0 Å². The number of para-hydroxylation sites is 1. The molecular formula is C21H26F2N8O4S. The van der Waals surface area contributed by atoms with Crippen molar-refractivity contribution in [3.63, 3.8) is 0 Å². The number of morpholine rings is 1. The molecule has 2 saturated heterocycles. The average molecular weight is 525 g/mol. The number of fused-ring (bicyclic) bond motifs is 1. The highest BCUT2D eigenvalue weighted by Crippen LogP contribution is 2.33. The van der Waals surface area contributed by atoms with Crippen LogP contribution < -0.4 is 19.3 Å². The highest BCUT2D eigenvalue weighted by Gasteiger charge is 2.32. The maximum Gasteiger partial charge on any atom is 0.296 e. The van der Waals surface area contributed by atoms with Crippen molar-refractivity contribution >= 4 is 33.0 Å². The number of hydrogen-bond acceptors (Lipinski definition) is 10. The average Bonchev–Trinajstić information content (AvgIpc) is 3.47. The third kappa shape index (κ3) is 4.77. The zero-order valence-electron chi connectivity index (χ0n) is 19.8. The Hall–Kier alpha value is -3.17. The van der Waals surface area contributed by atoms with Crippen LogP contribution in [-0.4, -0.2) is 85.3 Å². The largest absolute Gasteiger partial charge is 0.494 e. The van der Waals surface area contributed by atoms with E-state index in [-0.39, 0.29) is 23.4 Å². The second-order valence-corrected chi connectivity index (χ2v) is 10.3. The van der Waals surface area contributed by atoms with Gasteiger partial charge in [0.05, 0.1) is 38.3 Å². The molecule has 0 amide bonds. The number of benzene rings is 1. The number of nitrogens with zero attached hydrogens (tertiary/aromatic N) is 7. The third-order valence-electron chi connectivity index (χ3n) is 6.04. The lowest BCUT2D eigenvalue weighted by Crippen LogP contribution is -2.45. The Morgan fingerprint density at radius 3 is 2.50 bits per heavy atom. The number of alkyl halides is 2. The molecule has 1 N–H and O–H groups in total. The summed E-state index contributed by atoms with van der Waals surface area (Å²) in [5.41, 5.74) is 0.602. The number of ether oxygens (including phenoxy) is 2. The predicted octanol–water partition coefficient (Wildman–Crippen LogP) is 1.47. The number of anilines is 2. The summed E-state index contributed by atoms with van der Waals surface area (Å²) >= 11 is 0. The second kappa shape index (κ2) is 9.71. The van der Waals surface area contributed by atoms with E-state index in [1.54, 1.807) is 23.1 Å². The normalized spacial score (nSPS) is 19.0. The Morgan fingerprint density at radius 1 is 1.08 bits per heavy atom. The van der Waals surface area contributed by atoms with E-state index >= 15 is 0 Å². The van der Waals surface area contributed by atoms with Gasteiger partial charge < -0.3 is 19.3 Å². The number of halogens is 2. The van der Waals surface area contributed by atoms with Gasteiger partial charge in [-0.2, -0.15) is 19.7 Å². The molecule has 36 heavy (non-hydrogen) atoms. The van der Waals surface area contributed by atoms with Crippen LogP contribution in [0.15, 0.2) is 18.2 Å². The molecule has 0 bridgehead atoms. The first-order valence-electron chi connectivity index (χ1n) is 11.4. The highest BCUT2D eigenvalue weighted by atomic mass is 32.2. The van der Waals surface area contributed by atoms with Crippen molar-refractivity contribution in [1.29, 1.82) is 0 Å². The summed E-state index contributed by atoms with van der Waals surface area (Å²) in [6, 6.07) is 4.95. The number of methoxy groups -OCH3 is 1. The Balaban J connectivity index is 1.69. The first kappa shape index (κ1) is 24.5. The Bertz CT molecular complexity index is 1360. The molecule has 1 aromatic carbocycles. The lowest BCUT2D eigenvalue weighted by molar-refractivity contribution is 0.122. The van der Waals surface area contributed by atoms with Crippen LogP contribution in [0.5, 0.6) is 5.75 Å². The SMILES string of the molecule is COc1cccc2c1nc(C(F)F)n2-c1nc(N2CCOCC2)nc(N2CCCC2NS(C)(=O)=O)n1. The van der Waals surface area contributed by atoms with E-state index in [2.05, 4.69) is 24.7 Å². The van der Waals surface area contributed by atoms with E-state index in [1.165, 1.54) is 11.7 Å². The van der Waals surface area contributed by atoms with Gasteiger partial charge in [-0.25, -0.2) is 22.2 Å². The van der Waals surface area contributed by atoms with Gasteiger partial charge in [0.1, 0.15) is 11.3 Å². The van der Waals surface area contributed by atoms with Gasteiger partial charge in [0.2, 0.25) is 27.9 Å². The predicted molar refractivity (Wildman–Crippen MR) is 127 cm³/mol. The molecule has 2 aromatic heterocycles. The molecule has 5 rings (SSSR count). The van der Waals surface area contributed by atoms with E-state index < -0.39 is 28.4 Å². The van der Waals surface area contributed by atoms with E-state index in [1.807, 2.05) is 4.90 Å². The zero-order valence-corrected chi connectivity index (χ0v) is 20.6. The third-order valence-corrected chi connectivity index (χ3v) is 6.74. The molecule has 3 aromatic rings. The summed E-state index contributed by atoms with van der Waals surface area (Å²) in [6.45, 7) is 2.43. The lowest BCUT2D eigenvalue weighted by atomic mass is 10.3. The number of imidazole rings is 1. The fourth-order valence-electron chi connectivity index (χ4n) is 4.47. The standard InChI is InChI=1S/C21H26F2N8O4S/c1-34-14-6-3-5-13-16(14)24-18(17(22)23)31(13)21-26-19(29-9-11-35-12-10-29)25-20(27-21)30-8-4-7-15(30)28-36(2,32)33/h3,5-6,15,17,28H,4,7-12H2,1-2H3. The molecular weight excluding hydrogens is 498 g/mol. The number of aromatic nitrogens is 5. The van der Waals surface area contributed by atoms with E-state index in [4.69, 9.17) is 9.47 Å². The van der Waals surface area contributed by atoms with Crippen molar-refractivity contribution in [2.45, 2.75) is 25.4 Å². The minimum atomic E-state index is -3.50. The summed E-state index contributed by atoms with van der Waals surface area (Å²) in [5.74, 6) is 0.232. The molecule has 0 aliphatic carbocycles. The topological polar surface area (TPSA) is 128 Å². The minimum Gasteiger partial charge on any atom is -0.494 e. The van der Waals surface area contributed by atoms with Crippen LogP contribution in [-0.2, 0) is 14.8 Å². The Morgan fingerprint density at radius 2 is 1.81 bits per heavy atom. The van der Waals surface area contributed by atoms with Crippen LogP contribution >= 0.6 is 0 Å². The summed E-state index contributed by atoms with van der Waals surface area (Å²) in [6.07, 6.45) is -1.15. The van der Waals surface area contributed by atoms with E-state index in [9.17, 15) is 17.2 Å². The minimum absolute atomic E-state index is 0.0439. The maximum atomic E-state index is 14.2. The van der Waals surface area contributed by atoms with Crippen molar-refractivity contribution in [3.8, 4) is 11.7 Å². The summed E-state index contributed by atoms with van der Waals surface area (Å²) in [7, 11) is -2.06. The monoisotopic (exact) mass is 524 g/mol. The Labute approximate surface area is 206 Å². The van der Waals surface area contributed by atoms with Crippen molar-refractivity contribution in [1.82, 2.24) is 29.2 Å². The van der Waals surface area contributed by atoms with Crippen LogP contribution in [0.3, 0.4) is 0 Å². The number of hydrogen-bond donors (Lipinski definition) is 1. The number of rotatable bonds is 7. The summed E-state index contributed by atoms with van der Waals surface area (Å²) in [5, 5.41) is 0. The lowest BCUT2D eigenvalue weighted by Gasteiger charge is -2.29. The first-order valence-corrected chi connectivity index (χ1v) is 13.3. The van der Waals surface area contributed by atoms with Gasteiger partial charge >= 0.3 is 0 Å². The van der Waals surface area contributed by atoms with Gasteiger partial charge in [-0.1, -0.05) is 6.07 Å². The molecule has 12 nitrogen and oxygen atoms in total. The van der Waals surface area contributed by atoms with Gasteiger partial charge in [0.25, 0.3) is 6.43 Å². The van der Waals surface area contributed by atoms with Crippen LogP contribution in [0.1, 0.15) is 25.1 Å². The number of nitrogens with one attached hydrogen (secondary N) is 1. The summed E-state index contributed by atoms with van der Waals surface area (Å²) in [4.78, 5) is 21.4. The highest BCUT2D eigenvalue weighted by molar-refractivity contribution is 7.88. The smallest absolute Gasteiger partial charge is 0.296 e. The molecule has 2 fully saturated rings. The molecule has 2 aliphatic rings. The molecule has 0 spiro atoms. The summed E-state index contributed by atoms with van der Waals surface area (Å²) < 4.78 is 66.8.